The van der Waals surface area contributed by atoms with E-state index in [1.165, 1.54) is 14.2 Å². The maximum atomic E-state index is 14.6. The largest absolute Gasteiger partial charge is 0.284 e. The molecule has 1 amide bonds. The lowest BCUT2D eigenvalue weighted by atomic mass is 10.0. The fourth-order valence-electron chi connectivity index (χ4n) is 2.63. The van der Waals surface area contributed by atoms with Crippen molar-refractivity contribution in [2.75, 3.05) is 14.2 Å². The van der Waals surface area contributed by atoms with Crippen molar-refractivity contribution in [2.45, 2.75) is 18.0 Å². The monoisotopic (exact) mass is 273 g/mol. The number of nitrogens with zero attached hydrogens (tertiary/aromatic N) is 1. The Labute approximate surface area is 116 Å². The van der Waals surface area contributed by atoms with Crippen LogP contribution in [0.5, 0.6) is 0 Å². The molecule has 0 aromatic heterocycles. The first-order valence-corrected chi connectivity index (χ1v) is 6.56. The molecule has 0 saturated heterocycles. The predicted molar refractivity (Wildman–Crippen MR) is 74.9 cm³/mol. The summed E-state index contributed by atoms with van der Waals surface area (Å²) in [7, 11) is 2.79. The van der Waals surface area contributed by atoms with Crippen molar-refractivity contribution in [3.63, 3.8) is 0 Å². The number of carbonyl (C=O) groups is 1. The molecule has 1 aliphatic carbocycles. The molecular formula is C16H16FNO2. The highest BCUT2D eigenvalue weighted by atomic mass is 19.1. The first-order valence-electron chi connectivity index (χ1n) is 6.56. The van der Waals surface area contributed by atoms with Crippen molar-refractivity contribution in [3.05, 3.63) is 48.0 Å². The van der Waals surface area contributed by atoms with E-state index in [-0.39, 0.29) is 12.3 Å². The van der Waals surface area contributed by atoms with E-state index >= 15 is 0 Å². The highest BCUT2D eigenvalue weighted by Gasteiger charge is 2.63. The first kappa shape index (κ1) is 13.1. The molecule has 1 saturated carbocycles. The summed E-state index contributed by atoms with van der Waals surface area (Å²) in [4.78, 5) is 16.7. The number of halogens is 1. The van der Waals surface area contributed by atoms with Crippen molar-refractivity contribution >= 4 is 16.7 Å². The van der Waals surface area contributed by atoms with Gasteiger partial charge in [-0.05, 0) is 16.3 Å². The van der Waals surface area contributed by atoms with E-state index in [9.17, 15) is 9.18 Å². The number of amides is 1. The second kappa shape index (κ2) is 4.56. The Hall–Kier alpha value is -1.94. The summed E-state index contributed by atoms with van der Waals surface area (Å²) >= 11 is 0. The molecule has 0 bridgehead atoms. The van der Waals surface area contributed by atoms with Crippen LogP contribution < -0.4 is 0 Å². The molecule has 3 rings (SSSR count). The van der Waals surface area contributed by atoms with Gasteiger partial charge in [0.2, 0.25) is 0 Å². The van der Waals surface area contributed by atoms with Crippen LogP contribution in [0.15, 0.2) is 42.5 Å². The molecule has 2 unspecified atom stereocenters. The van der Waals surface area contributed by atoms with Crippen molar-refractivity contribution < 1.29 is 14.0 Å². The van der Waals surface area contributed by atoms with E-state index in [1.54, 1.807) is 0 Å². The third kappa shape index (κ3) is 1.96. The number of hydrogen-bond donors (Lipinski definition) is 0. The minimum absolute atomic E-state index is 0.220. The van der Waals surface area contributed by atoms with Crippen LogP contribution in [0.1, 0.15) is 17.9 Å². The molecule has 0 heterocycles. The zero-order chi connectivity index (χ0) is 14.3. The molecule has 0 radical (unpaired) electrons. The molecule has 20 heavy (non-hydrogen) atoms. The van der Waals surface area contributed by atoms with Gasteiger partial charge in [-0.2, -0.15) is 0 Å². The topological polar surface area (TPSA) is 29.5 Å². The van der Waals surface area contributed by atoms with Crippen LogP contribution >= 0.6 is 0 Å². The van der Waals surface area contributed by atoms with Gasteiger partial charge in [0.05, 0.1) is 7.11 Å². The second-order valence-electron chi connectivity index (χ2n) is 5.21. The van der Waals surface area contributed by atoms with Gasteiger partial charge in [-0.3, -0.25) is 9.63 Å². The maximum absolute atomic E-state index is 14.6. The zero-order valence-corrected chi connectivity index (χ0v) is 11.5. The Bertz CT molecular complexity index is 672. The number of benzene rings is 2. The van der Waals surface area contributed by atoms with Crippen LogP contribution in [-0.2, 0) is 9.63 Å². The minimum atomic E-state index is -1.83. The van der Waals surface area contributed by atoms with Crippen LogP contribution in [0.4, 0.5) is 4.39 Å². The summed E-state index contributed by atoms with van der Waals surface area (Å²) < 4.78 is 14.6. The lowest BCUT2D eigenvalue weighted by molar-refractivity contribution is -0.176. The predicted octanol–water partition coefficient (Wildman–Crippen LogP) is 3.06. The molecule has 0 aliphatic heterocycles. The zero-order valence-electron chi connectivity index (χ0n) is 11.5. The summed E-state index contributed by atoms with van der Waals surface area (Å²) in [6, 6.07) is 13.7. The molecule has 2 aromatic carbocycles. The summed E-state index contributed by atoms with van der Waals surface area (Å²) in [6.07, 6.45) is 0.220. The number of carbonyl (C=O) groups excluding carboxylic acids is 1. The smallest absolute Gasteiger partial charge is 0.274 e. The standard InChI is InChI=1S/C16H16FNO2/c1-18(20-2)15(19)16(17)10-14(16)13-8-7-11-5-3-4-6-12(11)9-13/h3-9,14H,10H2,1-2H3. The van der Waals surface area contributed by atoms with Gasteiger partial charge in [-0.25, -0.2) is 9.45 Å². The van der Waals surface area contributed by atoms with Crippen LogP contribution in [0, 0.1) is 0 Å². The fraction of sp³-hybridized carbons (Fsp3) is 0.312. The van der Waals surface area contributed by atoms with E-state index < -0.39 is 11.6 Å². The molecule has 2 atom stereocenters. The van der Waals surface area contributed by atoms with Gasteiger partial charge in [0, 0.05) is 19.4 Å². The van der Waals surface area contributed by atoms with Gasteiger partial charge in [-0.1, -0.05) is 42.5 Å². The average Bonchev–Trinajstić information content (AvgIpc) is 3.18. The lowest BCUT2D eigenvalue weighted by Gasteiger charge is -2.16. The van der Waals surface area contributed by atoms with Gasteiger partial charge in [-0.15, -0.1) is 0 Å². The molecule has 2 aromatic rings. The van der Waals surface area contributed by atoms with Crippen molar-refractivity contribution in [2.24, 2.45) is 0 Å². The SMILES string of the molecule is CON(C)C(=O)C1(F)CC1c1ccc2ccccc2c1. The maximum Gasteiger partial charge on any atom is 0.284 e. The molecular weight excluding hydrogens is 257 g/mol. The Morgan fingerprint density at radius 3 is 2.70 bits per heavy atom. The molecule has 1 fully saturated rings. The summed E-state index contributed by atoms with van der Waals surface area (Å²) in [5.74, 6) is -0.990. The van der Waals surface area contributed by atoms with Gasteiger partial charge < -0.3 is 0 Å². The van der Waals surface area contributed by atoms with E-state index in [1.807, 2.05) is 42.5 Å². The highest BCUT2D eigenvalue weighted by Crippen LogP contribution is 2.55. The highest BCUT2D eigenvalue weighted by molar-refractivity contribution is 5.90. The van der Waals surface area contributed by atoms with Crippen LogP contribution in [0.3, 0.4) is 0 Å². The number of alkyl halides is 1. The van der Waals surface area contributed by atoms with Crippen LogP contribution in [-0.4, -0.2) is 30.8 Å². The molecule has 104 valence electrons. The lowest BCUT2D eigenvalue weighted by Crippen LogP contribution is -2.35. The van der Waals surface area contributed by atoms with Crippen LogP contribution in [0.25, 0.3) is 10.8 Å². The molecule has 3 nitrogen and oxygen atoms in total. The Balaban J connectivity index is 1.89. The van der Waals surface area contributed by atoms with E-state index in [4.69, 9.17) is 4.84 Å². The number of fused-ring (bicyclic) bond motifs is 1. The van der Waals surface area contributed by atoms with Crippen molar-refractivity contribution in [1.82, 2.24) is 5.06 Å². The summed E-state index contributed by atoms with van der Waals surface area (Å²) in [5, 5.41) is 3.13. The number of hydroxylamine groups is 2. The number of hydrogen-bond acceptors (Lipinski definition) is 2. The Morgan fingerprint density at radius 1 is 1.30 bits per heavy atom. The second-order valence-corrected chi connectivity index (χ2v) is 5.21. The normalized spacial score (nSPS) is 24.6. The molecule has 4 heteroatoms. The first-order chi connectivity index (χ1) is 9.56. The average molecular weight is 273 g/mol. The minimum Gasteiger partial charge on any atom is -0.274 e. The fourth-order valence-corrected chi connectivity index (χ4v) is 2.63. The van der Waals surface area contributed by atoms with Crippen LogP contribution in [0.2, 0.25) is 0 Å². The van der Waals surface area contributed by atoms with Gasteiger partial charge >= 0.3 is 0 Å². The number of rotatable bonds is 3. The van der Waals surface area contributed by atoms with Crippen molar-refractivity contribution in [1.29, 1.82) is 0 Å². The third-order valence-electron chi connectivity index (χ3n) is 3.98. The van der Waals surface area contributed by atoms with E-state index in [2.05, 4.69) is 0 Å². The summed E-state index contributed by atoms with van der Waals surface area (Å²) in [6.45, 7) is 0. The quantitative estimate of drug-likeness (QED) is 0.804. The third-order valence-corrected chi connectivity index (χ3v) is 3.98. The van der Waals surface area contributed by atoms with Gasteiger partial charge in [0.1, 0.15) is 0 Å². The van der Waals surface area contributed by atoms with E-state index in [0.29, 0.717) is 0 Å². The molecule has 0 spiro atoms. The van der Waals surface area contributed by atoms with E-state index in [0.717, 1.165) is 21.4 Å². The molecule has 1 aliphatic rings. The Kier molecular flexibility index (Phi) is 2.98. The van der Waals surface area contributed by atoms with Gasteiger partial charge in [0.25, 0.3) is 5.91 Å². The van der Waals surface area contributed by atoms with Crippen molar-refractivity contribution in [3.8, 4) is 0 Å². The molecule has 0 N–H and O–H groups in total. The summed E-state index contributed by atoms with van der Waals surface area (Å²) in [5.41, 5.74) is -0.961. The van der Waals surface area contributed by atoms with Gasteiger partial charge in [0.15, 0.2) is 5.67 Å². The Morgan fingerprint density at radius 2 is 2.00 bits per heavy atom.